The molecule has 2 saturated heterocycles. The van der Waals surface area contributed by atoms with E-state index in [1.165, 1.54) is 12.5 Å². The Bertz CT molecular complexity index is 854. The molecule has 2 atom stereocenters. The van der Waals surface area contributed by atoms with Crippen molar-refractivity contribution in [1.29, 1.82) is 0 Å². The lowest BCUT2D eigenvalue weighted by Gasteiger charge is -2.39. The highest BCUT2D eigenvalue weighted by atomic mass is 32.1. The van der Waals surface area contributed by atoms with E-state index >= 15 is 0 Å². The number of carboxylic acids is 1. The number of hydrogen-bond acceptors (Lipinski definition) is 9. The standard InChI is InChI=1S/C15H18N6O6S/c1-27-19-10(8-6-28-14(16)18-8)11(22)17-7-5-21(12(7)23)15(26)20-4-2-3-9(20)13(24)25/h6-7,9H,2-5H2,1H3,(H2,16,18)(H,17,22)(H,24,25)/t7-,9+/m0/s1. The maximum Gasteiger partial charge on any atom is 0.327 e. The highest BCUT2D eigenvalue weighted by Crippen LogP contribution is 2.22. The van der Waals surface area contributed by atoms with Crippen molar-refractivity contribution < 1.29 is 29.1 Å². The van der Waals surface area contributed by atoms with Gasteiger partial charge >= 0.3 is 12.0 Å². The second-order valence-corrected chi connectivity index (χ2v) is 7.03. The van der Waals surface area contributed by atoms with Crippen LogP contribution in [0.3, 0.4) is 0 Å². The number of nitrogens with zero attached hydrogens (tertiary/aromatic N) is 4. The number of β-lactam (4-membered cyclic amide) rings is 1. The molecule has 12 nitrogen and oxygen atoms in total. The van der Waals surface area contributed by atoms with Crippen LogP contribution in [0.5, 0.6) is 0 Å². The summed E-state index contributed by atoms with van der Waals surface area (Å²) in [5, 5.41) is 17.0. The molecule has 2 aliphatic rings. The molecule has 2 fully saturated rings. The third-order valence-corrected chi connectivity index (χ3v) is 5.09. The molecular formula is C15H18N6O6S. The molecule has 4 N–H and O–H groups in total. The summed E-state index contributed by atoms with van der Waals surface area (Å²) in [5.41, 5.74) is 5.60. The number of carboxylic acid groups (broad SMARTS) is 1. The lowest BCUT2D eigenvalue weighted by molar-refractivity contribution is -0.145. The number of nitrogens with two attached hydrogens (primary N) is 1. The van der Waals surface area contributed by atoms with E-state index < -0.39 is 35.9 Å². The number of carbonyl (C=O) groups is 4. The summed E-state index contributed by atoms with van der Waals surface area (Å²) in [7, 11) is 1.26. The molecule has 0 aromatic carbocycles. The fourth-order valence-corrected chi connectivity index (χ4v) is 3.58. The van der Waals surface area contributed by atoms with E-state index in [0.717, 1.165) is 21.1 Å². The molecule has 28 heavy (non-hydrogen) atoms. The summed E-state index contributed by atoms with van der Waals surface area (Å²) >= 11 is 1.11. The Balaban J connectivity index is 1.62. The number of aliphatic carboxylic acids is 1. The largest absolute Gasteiger partial charge is 0.480 e. The van der Waals surface area contributed by atoms with E-state index in [9.17, 15) is 24.3 Å². The number of amides is 4. The van der Waals surface area contributed by atoms with Gasteiger partial charge in [-0.05, 0) is 12.8 Å². The van der Waals surface area contributed by atoms with E-state index in [1.54, 1.807) is 0 Å². The molecule has 1 aromatic heterocycles. The molecule has 3 heterocycles. The van der Waals surface area contributed by atoms with Gasteiger partial charge in [-0.2, -0.15) is 0 Å². The van der Waals surface area contributed by atoms with Crippen molar-refractivity contribution in [2.45, 2.75) is 24.9 Å². The molecule has 2 aliphatic heterocycles. The van der Waals surface area contributed by atoms with Crippen molar-refractivity contribution in [3.8, 4) is 0 Å². The summed E-state index contributed by atoms with van der Waals surface area (Å²) in [5.74, 6) is -2.43. The number of nitrogen functional groups attached to an aromatic ring is 1. The SMILES string of the molecule is CON=C(C(=O)N[C@H]1CN(C(=O)N2CCC[C@@H]2C(=O)O)C1=O)c1csc(N)n1. The highest BCUT2D eigenvalue weighted by molar-refractivity contribution is 7.13. The molecule has 3 rings (SSSR count). The van der Waals surface area contributed by atoms with Gasteiger partial charge in [0.05, 0.1) is 6.54 Å². The fraction of sp³-hybridized carbons (Fsp3) is 0.467. The maximum absolute atomic E-state index is 12.4. The van der Waals surface area contributed by atoms with E-state index in [2.05, 4.69) is 20.3 Å². The third kappa shape index (κ3) is 3.60. The number of hydrogen-bond donors (Lipinski definition) is 3. The molecule has 4 amide bonds. The number of anilines is 1. The van der Waals surface area contributed by atoms with Gasteiger partial charge < -0.3 is 25.9 Å². The van der Waals surface area contributed by atoms with Crippen LogP contribution in [0.15, 0.2) is 10.5 Å². The lowest BCUT2D eigenvalue weighted by Crippen LogP contribution is -2.68. The van der Waals surface area contributed by atoms with Crippen LogP contribution in [-0.2, 0) is 19.2 Å². The van der Waals surface area contributed by atoms with Gasteiger partial charge in [0, 0.05) is 11.9 Å². The van der Waals surface area contributed by atoms with Crippen LogP contribution >= 0.6 is 11.3 Å². The Hall–Kier alpha value is -3.22. The second kappa shape index (κ2) is 7.80. The van der Waals surface area contributed by atoms with Crippen LogP contribution in [0, 0.1) is 0 Å². The number of nitrogens with one attached hydrogen (secondary N) is 1. The Kier molecular flexibility index (Phi) is 5.44. The first kappa shape index (κ1) is 19.5. The predicted octanol–water partition coefficient (Wildman–Crippen LogP) is -0.928. The molecule has 0 spiro atoms. The average molecular weight is 410 g/mol. The molecule has 13 heteroatoms. The predicted molar refractivity (Wildman–Crippen MR) is 96.5 cm³/mol. The van der Waals surface area contributed by atoms with Gasteiger partial charge in [-0.3, -0.25) is 14.5 Å². The van der Waals surface area contributed by atoms with Crippen molar-refractivity contribution in [3.05, 3.63) is 11.1 Å². The third-order valence-electron chi connectivity index (χ3n) is 4.41. The molecular weight excluding hydrogens is 392 g/mol. The molecule has 0 saturated carbocycles. The fourth-order valence-electron chi connectivity index (χ4n) is 3.03. The van der Waals surface area contributed by atoms with Crippen LogP contribution in [0.4, 0.5) is 9.93 Å². The van der Waals surface area contributed by atoms with Crippen molar-refractivity contribution in [2.24, 2.45) is 5.16 Å². The first-order chi connectivity index (χ1) is 13.3. The highest BCUT2D eigenvalue weighted by Gasteiger charge is 2.46. The van der Waals surface area contributed by atoms with E-state index in [0.29, 0.717) is 12.8 Å². The Labute approximate surface area is 162 Å². The van der Waals surface area contributed by atoms with Gasteiger partial charge in [0.1, 0.15) is 24.9 Å². The van der Waals surface area contributed by atoms with Crippen molar-refractivity contribution in [1.82, 2.24) is 20.1 Å². The molecule has 150 valence electrons. The zero-order valence-corrected chi connectivity index (χ0v) is 15.6. The second-order valence-electron chi connectivity index (χ2n) is 6.14. The first-order valence-corrected chi connectivity index (χ1v) is 9.19. The number of aromatic nitrogens is 1. The normalized spacial score (nSPS) is 22.0. The Morgan fingerprint density at radius 1 is 1.46 bits per heavy atom. The number of rotatable bonds is 5. The minimum absolute atomic E-state index is 0.0638. The van der Waals surface area contributed by atoms with Crippen LogP contribution in [-0.4, -0.2) is 81.7 Å². The summed E-state index contributed by atoms with van der Waals surface area (Å²) in [4.78, 5) is 59.1. The summed E-state index contributed by atoms with van der Waals surface area (Å²) in [6, 6.07) is -2.54. The molecule has 1 aromatic rings. The van der Waals surface area contributed by atoms with Gasteiger partial charge in [-0.15, -0.1) is 11.3 Å². The summed E-state index contributed by atoms with van der Waals surface area (Å²) in [6.07, 6.45) is 0.898. The van der Waals surface area contributed by atoms with Gasteiger partial charge in [0.15, 0.2) is 10.8 Å². The van der Waals surface area contributed by atoms with Crippen LogP contribution in [0.25, 0.3) is 0 Å². The zero-order chi connectivity index (χ0) is 20.4. The number of thiazole rings is 1. The molecule has 0 bridgehead atoms. The quantitative estimate of drug-likeness (QED) is 0.318. The monoisotopic (exact) mass is 410 g/mol. The minimum Gasteiger partial charge on any atom is -0.480 e. The van der Waals surface area contributed by atoms with Crippen molar-refractivity contribution >= 4 is 46.0 Å². The lowest BCUT2D eigenvalue weighted by atomic mass is 10.1. The first-order valence-electron chi connectivity index (χ1n) is 8.31. The summed E-state index contributed by atoms with van der Waals surface area (Å²) in [6.45, 7) is 0.207. The smallest absolute Gasteiger partial charge is 0.327 e. The number of carbonyl (C=O) groups excluding carboxylic acids is 3. The number of imide groups is 1. The van der Waals surface area contributed by atoms with E-state index in [4.69, 9.17) is 5.73 Å². The van der Waals surface area contributed by atoms with Crippen LogP contribution in [0.2, 0.25) is 0 Å². The number of urea groups is 1. The van der Waals surface area contributed by atoms with Gasteiger partial charge in [-0.1, -0.05) is 5.16 Å². The van der Waals surface area contributed by atoms with E-state index in [1.807, 2.05) is 0 Å². The average Bonchev–Trinajstić information content (AvgIpc) is 3.31. The summed E-state index contributed by atoms with van der Waals surface area (Å²) < 4.78 is 0. The van der Waals surface area contributed by atoms with Gasteiger partial charge in [0.25, 0.3) is 11.8 Å². The van der Waals surface area contributed by atoms with Crippen molar-refractivity contribution in [3.63, 3.8) is 0 Å². The Morgan fingerprint density at radius 3 is 2.79 bits per heavy atom. The molecule has 0 aliphatic carbocycles. The van der Waals surface area contributed by atoms with Gasteiger partial charge in [0.2, 0.25) is 0 Å². The molecule has 0 radical (unpaired) electrons. The number of likely N-dealkylation sites (tertiary alicyclic amines) is 2. The zero-order valence-electron chi connectivity index (χ0n) is 14.8. The maximum atomic E-state index is 12.4. The van der Waals surface area contributed by atoms with E-state index in [-0.39, 0.29) is 29.6 Å². The van der Waals surface area contributed by atoms with Crippen LogP contribution < -0.4 is 11.1 Å². The molecule has 0 unspecified atom stereocenters. The minimum atomic E-state index is -1.10. The Morgan fingerprint density at radius 2 is 2.21 bits per heavy atom. The van der Waals surface area contributed by atoms with Crippen LogP contribution in [0.1, 0.15) is 18.5 Å². The number of oxime groups is 1. The van der Waals surface area contributed by atoms with Crippen molar-refractivity contribution in [2.75, 3.05) is 25.9 Å². The van der Waals surface area contributed by atoms with Gasteiger partial charge in [-0.25, -0.2) is 14.6 Å². The topological polar surface area (TPSA) is 168 Å².